The van der Waals surface area contributed by atoms with Gasteiger partial charge in [-0.15, -0.1) is 0 Å². The summed E-state index contributed by atoms with van der Waals surface area (Å²) in [4.78, 5) is 11.7. The monoisotopic (exact) mass is 346 g/mol. The lowest BCUT2D eigenvalue weighted by Gasteiger charge is -2.20. The van der Waals surface area contributed by atoms with E-state index in [2.05, 4.69) is 15.9 Å². The summed E-state index contributed by atoms with van der Waals surface area (Å²) in [6.07, 6.45) is -0.764. The van der Waals surface area contributed by atoms with E-state index >= 15 is 0 Å². The topological polar surface area (TPSA) is 65.0 Å². The first-order valence-electron chi connectivity index (χ1n) is 6.29. The third kappa shape index (κ3) is 3.24. The van der Waals surface area contributed by atoms with Gasteiger partial charge < -0.3 is 19.3 Å². The Morgan fingerprint density at radius 3 is 2.35 bits per heavy atom. The minimum absolute atomic E-state index is 0.214. The number of aliphatic hydroxyl groups excluding tert-OH is 1. The summed E-state index contributed by atoms with van der Waals surface area (Å²) in [5.41, 5.74) is 1.17. The molecular weight excluding hydrogens is 328 g/mol. The summed E-state index contributed by atoms with van der Waals surface area (Å²) in [6.45, 7) is 3.81. The molecule has 6 heteroatoms. The zero-order chi connectivity index (χ0) is 15.3. The molecule has 1 N–H and O–H groups in total. The minimum atomic E-state index is -1.35. The largest absolute Gasteiger partial charge is 0.493 e. The van der Waals surface area contributed by atoms with E-state index in [-0.39, 0.29) is 6.61 Å². The highest BCUT2D eigenvalue weighted by Gasteiger charge is 2.26. The fourth-order valence-electron chi connectivity index (χ4n) is 2.03. The maximum Gasteiger partial charge on any atom is 0.339 e. The Morgan fingerprint density at radius 2 is 1.90 bits per heavy atom. The molecule has 0 aromatic heterocycles. The molecule has 0 bridgehead atoms. The molecule has 112 valence electrons. The van der Waals surface area contributed by atoms with Crippen molar-refractivity contribution in [2.75, 3.05) is 20.8 Å². The van der Waals surface area contributed by atoms with Crippen LogP contribution in [0, 0.1) is 0 Å². The van der Waals surface area contributed by atoms with Crippen molar-refractivity contribution in [2.24, 2.45) is 0 Å². The molecule has 0 aliphatic carbocycles. The number of halogens is 1. The quantitative estimate of drug-likeness (QED) is 0.802. The van der Waals surface area contributed by atoms with Gasteiger partial charge in [0, 0.05) is 5.56 Å². The molecule has 0 fully saturated rings. The van der Waals surface area contributed by atoms with Crippen molar-refractivity contribution in [1.29, 1.82) is 0 Å². The van der Waals surface area contributed by atoms with Gasteiger partial charge in [0.15, 0.2) is 17.6 Å². The van der Waals surface area contributed by atoms with Crippen molar-refractivity contribution in [3.05, 3.63) is 21.7 Å². The molecule has 0 radical (unpaired) electrons. The first-order valence-corrected chi connectivity index (χ1v) is 7.08. The SMILES string of the molecule is CCOC(=O)C(O)c1cc(Br)c(OC)c(OC)c1CC. The fourth-order valence-corrected chi connectivity index (χ4v) is 2.62. The van der Waals surface area contributed by atoms with Gasteiger partial charge in [-0.05, 0) is 40.9 Å². The van der Waals surface area contributed by atoms with E-state index in [0.29, 0.717) is 33.5 Å². The zero-order valence-electron chi connectivity index (χ0n) is 12.0. The predicted molar refractivity (Wildman–Crippen MR) is 78.2 cm³/mol. The van der Waals surface area contributed by atoms with Crippen LogP contribution in [0.1, 0.15) is 31.1 Å². The number of hydrogen-bond acceptors (Lipinski definition) is 5. The molecule has 0 aliphatic rings. The van der Waals surface area contributed by atoms with Crippen molar-refractivity contribution < 1.29 is 24.1 Å². The fraction of sp³-hybridized carbons (Fsp3) is 0.500. The average molecular weight is 347 g/mol. The van der Waals surface area contributed by atoms with Crippen LogP contribution in [0.2, 0.25) is 0 Å². The highest BCUT2D eigenvalue weighted by Crippen LogP contribution is 2.42. The van der Waals surface area contributed by atoms with Gasteiger partial charge in [-0.2, -0.15) is 0 Å². The van der Waals surface area contributed by atoms with E-state index in [1.165, 1.54) is 14.2 Å². The maximum atomic E-state index is 11.7. The number of carbonyl (C=O) groups is 1. The molecule has 1 rings (SSSR count). The highest BCUT2D eigenvalue weighted by molar-refractivity contribution is 9.10. The van der Waals surface area contributed by atoms with Crippen molar-refractivity contribution >= 4 is 21.9 Å². The third-order valence-electron chi connectivity index (χ3n) is 2.89. The van der Waals surface area contributed by atoms with Gasteiger partial charge in [0.25, 0.3) is 0 Å². The Hall–Kier alpha value is -1.27. The number of hydrogen-bond donors (Lipinski definition) is 1. The van der Waals surface area contributed by atoms with Crippen LogP contribution >= 0.6 is 15.9 Å². The van der Waals surface area contributed by atoms with Crippen LogP contribution in [0.4, 0.5) is 0 Å². The molecule has 1 atom stereocenters. The molecule has 0 heterocycles. The van der Waals surface area contributed by atoms with Crippen molar-refractivity contribution in [2.45, 2.75) is 26.4 Å². The van der Waals surface area contributed by atoms with Crippen LogP contribution in [0.25, 0.3) is 0 Å². The number of aliphatic hydroxyl groups is 1. The number of rotatable bonds is 6. The number of benzene rings is 1. The van der Waals surface area contributed by atoms with Gasteiger partial charge in [-0.1, -0.05) is 6.92 Å². The van der Waals surface area contributed by atoms with Crippen molar-refractivity contribution in [3.8, 4) is 11.5 Å². The van der Waals surface area contributed by atoms with Crippen LogP contribution in [0.15, 0.2) is 10.5 Å². The second-order valence-corrected chi connectivity index (χ2v) is 4.86. The van der Waals surface area contributed by atoms with E-state index in [9.17, 15) is 9.90 Å². The number of methoxy groups -OCH3 is 2. The number of carbonyl (C=O) groups excluding carboxylic acids is 1. The lowest BCUT2D eigenvalue weighted by atomic mass is 9.98. The molecule has 1 aromatic rings. The van der Waals surface area contributed by atoms with Gasteiger partial charge in [-0.3, -0.25) is 0 Å². The third-order valence-corrected chi connectivity index (χ3v) is 3.48. The molecule has 20 heavy (non-hydrogen) atoms. The van der Waals surface area contributed by atoms with Crippen LogP contribution in [-0.4, -0.2) is 31.9 Å². The smallest absolute Gasteiger partial charge is 0.339 e. The first-order chi connectivity index (χ1) is 9.51. The van der Waals surface area contributed by atoms with Gasteiger partial charge >= 0.3 is 5.97 Å². The van der Waals surface area contributed by atoms with E-state index in [4.69, 9.17) is 14.2 Å². The molecule has 5 nitrogen and oxygen atoms in total. The van der Waals surface area contributed by atoms with E-state index < -0.39 is 12.1 Å². The summed E-state index contributed by atoms with van der Waals surface area (Å²) in [7, 11) is 3.05. The van der Waals surface area contributed by atoms with E-state index in [1.54, 1.807) is 13.0 Å². The summed E-state index contributed by atoms with van der Waals surface area (Å²) in [6, 6.07) is 1.65. The second-order valence-electron chi connectivity index (χ2n) is 4.00. The summed E-state index contributed by atoms with van der Waals surface area (Å²) >= 11 is 3.35. The van der Waals surface area contributed by atoms with Gasteiger partial charge in [0.1, 0.15) is 0 Å². The Morgan fingerprint density at radius 1 is 1.30 bits per heavy atom. The molecule has 0 aliphatic heterocycles. The standard InChI is InChI=1S/C14H19BrO5/c1-5-8-9(11(16)14(17)20-6-2)7-10(15)13(19-4)12(8)18-3/h7,11,16H,5-6H2,1-4H3. The normalized spacial score (nSPS) is 11.9. The summed E-state index contributed by atoms with van der Waals surface area (Å²) in [5.74, 6) is 0.355. The van der Waals surface area contributed by atoms with Crippen LogP contribution in [0.5, 0.6) is 11.5 Å². The molecular formula is C14H19BrO5. The van der Waals surface area contributed by atoms with Crippen LogP contribution < -0.4 is 9.47 Å². The van der Waals surface area contributed by atoms with E-state index in [1.807, 2.05) is 6.92 Å². The number of esters is 1. The maximum absolute atomic E-state index is 11.7. The lowest BCUT2D eigenvalue weighted by Crippen LogP contribution is -2.17. The highest BCUT2D eigenvalue weighted by atomic mass is 79.9. The Kier molecular flexibility index (Phi) is 6.29. The minimum Gasteiger partial charge on any atom is -0.493 e. The lowest BCUT2D eigenvalue weighted by molar-refractivity contribution is -0.153. The van der Waals surface area contributed by atoms with E-state index in [0.717, 1.165) is 0 Å². The average Bonchev–Trinajstić information content (AvgIpc) is 2.45. The summed E-state index contributed by atoms with van der Waals surface area (Å²) in [5, 5.41) is 10.1. The molecule has 1 aromatic carbocycles. The van der Waals surface area contributed by atoms with Gasteiger partial charge in [0.05, 0.1) is 25.3 Å². The van der Waals surface area contributed by atoms with Gasteiger partial charge in [0.2, 0.25) is 0 Å². The second kappa shape index (κ2) is 7.50. The molecule has 0 saturated heterocycles. The Balaban J connectivity index is 3.39. The van der Waals surface area contributed by atoms with Gasteiger partial charge in [-0.25, -0.2) is 4.79 Å². The molecule has 0 spiro atoms. The van der Waals surface area contributed by atoms with Crippen LogP contribution in [-0.2, 0) is 16.0 Å². The predicted octanol–water partition coefficient (Wildman–Crippen LogP) is 2.63. The molecule has 0 amide bonds. The van der Waals surface area contributed by atoms with Crippen molar-refractivity contribution in [1.82, 2.24) is 0 Å². The number of ether oxygens (including phenoxy) is 3. The molecule has 0 saturated carbocycles. The zero-order valence-corrected chi connectivity index (χ0v) is 13.6. The van der Waals surface area contributed by atoms with Crippen molar-refractivity contribution in [3.63, 3.8) is 0 Å². The Bertz CT molecular complexity index is 487. The molecule has 1 unspecified atom stereocenters. The summed E-state index contributed by atoms with van der Waals surface area (Å²) < 4.78 is 16.1. The first kappa shape index (κ1) is 16.8. The van der Waals surface area contributed by atoms with Crippen LogP contribution in [0.3, 0.4) is 0 Å². The Labute approximate surface area is 127 Å².